The summed E-state index contributed by atoms with van der Waals surface area (Å²) in [5.41, 5.74) is 3.48. The first-order valence-corrected chi connectivity index (χ1v) is 11.0. The predicted molar refractivity (Wildman–Crippen MR) is 122 cm³/mol. The van der Waals surface area contributed by atoms with E-state index in [0.717, 1.165) is 43.9 Å². The minimum atomic E-state index is 0.0702. The molecule has 1 saturated heterocycles. The Bertz CT molecular complexity index is 875. The first-order chi connectivity index (χ1) is 14.6. The Morgan fingerprint density at radius 3 is 2.27 bits per heavy atom. The lowest BCUT2D eigenvalue weighted by Gasteiger charge is -2.39. The molecule has 1 aliphatic rings. The van der Waals surface area contributed by atoms with Crippen molar-refractivity contribution in [2.75, 3.05) is 37.6 Å². The van der Waals surface area contributed by atoms with Crippen LogP contribution in [-0.4, -0.2) is 54.5 Å². The Labute approximate surface area is 180 Å². The van der Waals surface area contributed by atoms with Crippen LogP contribution in [0.5, 0.6) is 0 Å². The molecule has 158 valence electrons. The van der Waals surface area contributed by atoms with Crippen LogP contribution < -0.4 is 4.90 Å². The second kappa shape index (κ2) is 10.3. The molecule has 30 heavy (non-hydrogen) atoms. The summed E-state index contributed by atoms with van der Waals surface area (Å²) in [6.45, 7) is 10.9. The molecule has 5 heteroatoms. The second-order valence-corrected chi connectivity index (χ2v) is 7.72. The van der Waals surface area contributed by atoms with Crippen molar-refractivity contribution in [2.24, 2.45) is 0 Å². The average Bonchev–Trinajstić information content (AvgIpc) is 2.81. The van der Waals surface area contributed by atoms with Crippen LogP contribution in [0.3, 0.4) is 0 Å². The third-order valence-corrected chi connectivity index (χ3v) is 6.07. The highest BCUT2D eigenvalue weighted by Crippen LogP contribution is 2.33. The summed E-state index contributed by atoms with van der Waals surface area (Å²) in [5, 5.41) is 9.37. The van der Waals surface area contributed by atoms with Crippen LogP contribution >= 0.6 is 0 Å². The fraction of sp³-hybridized carbons (Fsp3) is 0.440. The van der Waals surface area contributed by atoms with Crippen LogP contribution in [0.1, 0.15) is 49.5 Å². The lowest BCUT2D eigenvalue weighted by molar-refractivity contribution is 0.0773. The zero-order chi connectivity index (χ0) is 21.5. The summed E-state index contributed by atoms with van der Waals surface area (Å²) in [6, 6.07) is 18.4. The largest absolute Gasteiger partial charge is 0.339 e. The average molecular weight is 405 g/mol. The van der Waals surface area contributed by atoms with Gasteiger partial charge in [-0.2, -0.15) is 5.26 Å². The lowest BCUT2D eigenvalue weighted by Crippen LogP contribution is -2.43. The summed E-state index contributed by atoms with van der Waals surface area (Å²) >= 11 is 0. The third kappa shape index (κ3) is 4.83. The number of anilines is 2. The Kier molecular flexibility index (Phi) is 7.48. The highest BCUT2D eigenvalue weighted by Gasteiger charge is 2.26. The minimum Gasteiger partial charge on any atom is -0.339 e. The number of benzene rings is 2. The van der Waals surface area contributed by atoms with Gasteiger partial charge in [0.25, 0.3) is 5.91 Å². The molecule has 0 aromatic heterocycles. The summed E-state index contributed by atoms with van der Waals surface area (Å²) < 4.78 is 0. The van der Waals surface area contributed by atoms with Gasteiger partial charge in [0.05, 0.1) is 11.6 Å². The van der Waals surface area contributed by atoms with Crippen LogP contribution in [0.4, 0.5) is 11.4 Å². The van der Waals surface area contributed by atoms with Gasteiger partial charge < -0.3 is 14.7 Å². The van der Waals surface area contributed by atoms with E-state index in [2.05, 4.69) is 28.9 Å². The van der Waals surface area contributed by atoms with Crippen molar-refractivity contribution in [3.05, 3.63) is 59.7 Å². The third-order valence-electron chi connectivity index (χ3n) is 6.07. The molecule has 1 fully saturated rings. The van der Waals surface area contributed by atoms with Crippen molar-refractivity contribution in [1.82, 2.24) is 9.80 Å². The topological polar surface area (TPSA) is 50.6 Å². The summed E-state index contributed by atoms with van der Waals surface area (Å²) in [7, 11) is 0. The first kappa shape index (κ1) is 21.9. The smallest absolute Gasteiger partial charge is 0.253 e. The lowest BCUT2D eigenvalue weighted by atomic mass is 10.0. The molecule has 0 N–H and O–H groups in total. The van der Waals surface area contributed by atoms with E-state index in [1.165, 1.54) is 0 Å². The SMILES string of the molecule is CCN1CCC(N(c2ccc(C(=O)N(CC)CC)cc2)c2cccc(C#N)c2)CC1. The second-order valence-electron chi connectivity index (χ2n) is 7.72. The van der Waals surface area contributed by atoms with Crippen molar-refractivity contribution in [2.45, 2.75) is 39.7 Å². The van der Waals surface area contributed by atoms with Crippen molar-refractivity contribution < 1.29 is 4.79 Å². The molecule has 1 heterocycles. The van der Waals surface area contributed by atoms with Crippen molar-refractivity contribution in [1.29, 1.82) is 5.26 Å². The quantitative estimate of drug-likeness (QED) is 0.673. The van der Waals surface area contributed by atoms with Crippen LogP contribution in [0.25, 0.3) is 0 Å². The van der Waals surface area contributed by atoms with E-state index in [0.29, 0.717) is 30.3 Å². The molecule has 0 unspecified atom stereocenters. The van der Waals surface area contributed by atoms with E-state index < -0.39 is 0 Å². The van der Waals surface area contributed by atoms with Gasteiger partial charge >= 0.3 is 0 Å². The molecule has 3 rings (SSSR count). The van der Waals surface area contributed by atoms with Gasteiger partial charge in [-0.3, -0.25) is 4.79 Å². The van der Waals surface area contributed by atoms with Gasteiger partial charge in [0, 0.05) is 49.2 Å². The maximum atomic E-state index is 12.7. The first-order valence-electron chi connectivity index (χ1n) is 11.0. The fourth-order valence-electron chi connectivity index (χ4n) is 4.25. The predicted octanol–water partition coefficient (Wildman–Crippen LogP) is 4.66. The summed E-state index contributed by atoms with van der Waals surface area (Å²) in [6.07, 6.45) is 2.15. The maximum Gasteiger partial charge on any atom is 0.253 e. The number of hydrogen-bond donors (Lipinski definition) is 0. The number of likely N-dealkylation sites (tertiary alicyclic amines) is 1. The van der Waals surface area contributed by atoms with Crippen LogP contribution in [0.2, 0.25) is 0 Å². The standard InChI is InChI=1S/C25H32N4O/c1-4-27-16-14-23(15-17-27)29(24-9-7-8-20(18-24)19-26)22-12-10-21(11-13-22)25(30)28(5-2)6-3/h7-13,18,23H,4-6,14-17H2,1-3H3. The van der Waals surface area contributed by atoms with E-state index >= 15 is 0 Å². The van der Waals surface area contributed by atoms with Gasteiger partial charge in [-0.15, -0.1) is 0 Å². The van der Waals surface area contributed by atoms with Crippen LogP contribution in [0.15, 0.2) is 48.5 Å². The molecule has 0 aliphatic carbocycles. The van der Waals surface area contributed by atoms with Gasteiger partial charge in [0.2, 0.25) is 0 Å². The Morgan fingerprint density at radius 2 is 1.70 bits per heavy atom. The fourth-order valence-corrected chi connectivity index (χ4v) is 4.25. The number of hydrogen-bond acceptors (Lipinski definition) is 4. The van der Waals surface area contributed by atoms with E-state index in [4.69, 9.17) is 0 Å². The molecule has 2 aromatic carbocycles. The van der Waals surface area contributed by atoms with Gasteiger partial charge in [-0.05, 0) is 75.7 Å². The Morgan fingerprint density at radius 1 is 1.03 bits per heavy atom. The van der Waals surface area contributed by atoms with Crippen molar-refractivity contribution in [3.8, 4) is 6.07 Å². The number of nitriles is 1. The molecular weight excluding hydrogens is 372 g/mol. The Hall–Kier alpha value is -2.84. The van der Waals surface area contributed by atoms with E-state index in [1.807, 2.05) is 61.2 Å². The van der Waals surface area contributed by atoms with E-state index in [1.54, 1.807) is 0 Å². The molecule has 0 spiro atoms. The van der Waals surface area contributed by atoms with Gasteiger partial charge in [0.1, 0.15) is 0 Å². The molecule has 0 atom stereocenters. The number of nitrogens with zero attached hydrogens (tertiary/aromatic N) is 4. The van der Waals surface area contributed by atoms with Gasteiger partial charge in [0.15, 0.2) is 0 Å². The highest BCUT2D eigenvalue weighted by molar-refractivity contribution is 5.94. The van der Waals surface area contributed by atoms with Crippen molar-refractivity contribution in [3.63, 3.8) is 0 Å². The van der Waals surface area contributed by atoms with Crippen LogP contribution in [-0.2, 0) is 0 Å². The minimum absolute atomic E-state index is 0.0702. The molecule has 1 aliphatic heterocycles. The molecule has 0 bridgehead atoms. The van der Waals surface area contributed by atoms with Crippen LogP contribution in [0, 0.1) is 11.3 Å². The number of rotatable bonds is 7. The molecule has 0 saturated carbocycles. The van der Waals surface area contributed by atoms with Gasteiger partial charge in [-0.25, -0.2) is 0 Å². The number of piperidine rings is 1. The monoisotopic (exact) mass is 404 g/mol. The van der Waals surface area contributed by atoms with Gasteiger partial charge in [-0.1, -0.05) is 13.0 Å². The molecule has 5 nitrogen and oxygen atoms in total. The summed E-state index contributed by atoms with van der Waals surface area (Å²) in [4.78, 5) is 19.3. The van der Waals surface area contributed by atoms with E-state index in [9.17, 15) is 10.1 Å². The zero-order valence-electron chi connectivity index (χ0n) is 18.3. The maximum absolute atomic E-state index is 12.7. The number of carbonyl (C=O) groups excluding carboxylic acids is 1. The normalized spacial score (nSPS) is 14.9. The zero-order valence-corrected chi connectivity index (χ0v) is 18.3. The molecule has 2 aromatic rings. The molecule has 1 amide bonds. The molecule has 0 radical (unpaired) electrons. The Balaban J connectivity index is 1.92. The number of amides is 1. The van der Waals surface area contributed by atoms with Crippen molar-refractivity contribution >= 4 is 17.3 Å². The number of carbonyl (C=O) groups is 1. The highest BCUT2D eigenvalue weighted by atomic mass is 16.2. The molecular formula is C25H32N4O. The summed E-state index contributed by atoms with van der Waals surface area (Å²) in [5.74, 6) is 0.0702. The van der Waals surface area contributed by atoms with E-state index in [-0.39, 0.29) is 5.91 Å².